The van der Waals surface area contributed by atoms with E-state index in [0.29, 0.717) is 0 Å². The van der Waals surface area contributed by atoms with E-state index in [2.05, 4.69) is 13.8 Å². The highest BCUT2D eigenvalue weighted by molar-refractivity contribution is 7.58. The van der Waals surface area contributed by atoms with Crippen molar-refractivity contribution in [3.05, 3.63) is 11.1 Å². The Hall–Kier alpha value is 0.130. The number of allylic oxidation sites excluding steroid dienone is 2. The molecule has 1 aliphatic heterocycles. The second kappa shape index (κ2) is 3.50. The zero-order valence-electron chi connectivity index (χ0n) is 6.98. The zero-order valence-corrected chi connectivity index (χ0v) is 7.87. The van der Waals surface area contributed by atoms with Gasteiger partial charge in [0, 0.05) is 7.11 Å². The van der Waals surface area contributed by atoms with Crippen LogP contribution < -0.4 is 0 Å². The normalized spacial score (nSPS) is 20.7. The fourth-order valence-electron chi connectivity index (χ4n) is 1.27. The highest BCUT2D eigenvalue weighted by Gasteiger charge is 2.17. The molecule has 0 N–H and O–H groups in total. The Morgan fingerprint density at radius 2 is 1.80 bits per heavy atom. The molecule has 0 spiro atoms. The van der Waals surface area contributed by atoms with Gasteiger partial charge in [0.1, 0.15) is 0 Å². The first-order valence-electron chi connectivity index (χ1n) is 3.60. The van der Waals surface area contributed by atoms with Gasteiger partial charge in [0.25, 0.3) is 0 Å². The first kappa shape index (κ1) is 8.23. The molecule has 1 rings (SSSR count). The summed E-state index contributed by atoms with van der Waals surface area (Å²) in [6.07, 6.45) is 3.62. The van der Waals surface area contributed by atoms with Crippen molar-refractivity contribution in [1.29, 1.82) is 0 Å². The Morgan fingerprint density at radius 3 is 2.20 bits per heavy atom. The first-order chi connectivity index (χ1) is 4.74. The maximum atomic E-state index is 5.12. The molecule has 1 aliphatic rings. The van der Waals surface area contributed by atoms with Crippen molar-refractivity contribution < 1.29 is 4.74 Å². The second-order valence-corrected chi connectivity index (χ2v) is 5.20. The number of rotatable bonds is 2. The molecule has 2 heteroatoms. The van der Waals surface area contributed by atoms with Crippen LogP contribution in [0.3, 0.4) is 0 Å². The molecule has 0 aromatic heterocycles. The van der Waals surface area contributed by atoms with E-state index < -0.39 is 0 Å². The molecule has 0 unspecified atom stereocenters. The summed E-state index contributed by atoms with van der Waals surface area (Å²) in [4.78, 5) is 0. The van der Waals surface area contributed by atoms with Gasteiger partial charge in [-0.05, 0) is 26.2 Å². The van der Waals surface area contributed by atoms with Crippen molar-refractivity contribution in [3.8, 4) is 0 Å². The van der Waals surface area contributed by atoms with E-state index in [0.717, 1.165) is 6.35 Å². The van der Waals surface area contributed by atoms with E-state index in [1.54, 1.807) is 18.3 Å². The van der Waals surface area contributed by atoms with Crippen molar-refractivity contribution >= 4 is 7.92 Å². The van der Waals surface area contributed by atoms with E-state index in [9.17, 15) is 0 Å². The van der Waals surface area contributed by atoms with Crippen molar-refractivity contribution in [1.82, 2.24) is 0 Å². The molecule has 0 atom stereocenters. The van der Waals surface area contributed by atoms with Gasteiger partial charge in [-0.3, -0.25) is 0 Å². The summed E-state index contributed by atoms with van der Waals surface area (Å²) in [7, 11) is 1.98. The summed E-state index contributed by atoms with van der Waals surface area (Å²) in [5, 5.41) is 0. The average Bonchev–Trinajstić information content (AvgIpc) is 2.14. The largest absolute Gasteiger partial charge is 0.380 e. The molecule has 0 bridgehead atoms. The van der Waals surface area contributed by atoms with Gasteiger partial charge in [0.2, 0.25) is 0 Å². The molecule has 0 saturated heterocycles. The Kier molecular flexibility index (Phi) is 2.88. The van der Waals surface area contributed by atoms with Crippen LogP contribution in [0.2, 0.25) is 0 Å². The third kappa shape index (κ3) is 1.81. The fraction of sp³-hybridized carbons (Fsp3) is 0.750. The Bertz CT molecular complexity index is 137. The molecule has 0 saturated carbocycles. The predicted octanol–water partition coefficient (Wildman–Crippen LogP) is 2.42. The van der Waals surface area contributed by atoms with E-state index in [1.807, 2.05) is 0 Å². The molecule has 0 amide bonds. The summed E-state index contributed by atoms with van der Waals surface area (Å²) >= 11 is 0. The van der Waals surface area contributed by atoms with E-state index >= 15 is 0 Å². The molecule has 0 fully saturated rings. The Morgan fingerprint density at radius 1 is 1.30 bits per heavy atom. The third-order valence-electron chi connectivity index (χ3n) is 1.96. The van der Waals surface area contributed by atoms with Crippen molar-refractivity contribution in [2.24, 2.45) is 0 Å². The lowest BCUT2D eigenvalue weighted by molar-refractivity contribution is 0.255. The number of hydrogen-bond donors (Lipinski definition) is 0. The SMILES string of the molecule is COCP1CC(C)=C(C)C1. The molecule has 0 aliphatic carbocycles. The fourth-order valence-corrected chi connectivity index (χ4v) is 3.81. The third-order valence-corrected chi connectivity index (χ3v) is 4.43. The number of ether oxygens (including phenoxy) is 1. The molecule has 10 heavy (non-hydrogen) atoms. The van der Waals surface area contributed by atoms with Crippen LogP contribution in [0.15, 0.2) is 11.1 Å². The number of methoxy groups -OCH3 is 1. The maximum absolute atomic E-state index is 5.12. The Balaban J connectivity index is 2.36. The topological polar surface area (TPSA) is 9.23 Å². The predicted molar refractivity (Wildman–Crippen MR) is 46.9 cm³/mol. The summed E-state index contributed by atoms with van der Waals surface area (Å²) in [5.41, 5.74) is 3.20. The molecular formula is C8H15OP. The van der Waals surface area contributed by atoms with Crippen LogP contribution in [0.1, 0.15) is 13.8 Å². The summed E-state index contributed by atoms with van der Waals surface area (Å²) < 4.78 is 5.12. The minimum absolute atomic E-state index is 0.180. The van der Waals surface area contributed by atoms with E-state index in [4.69, 9.17) is 4.74 Å². The van der Waals surface area contributed by atoms with Crippen LogP contribution in [0.5, 0.6) is 0 Å². The average molecular weight is 158 g/mol. The van der Waals surface area contributed by atoms with Crippen molar-refractivity contribution in [3.63, 3.8) is 0 Å². The summed E-state index contributed by atoms with van der Waals surface area (Å²) in [5.74, 6) is 0. The van der Waals surface area contributed by atoms with Crippen LogP contribution in [0, 0.1) is 0 Å². The van der Waals surface area contributed by atoms with Gasteiger partial charge >= 0.3 is 0 Å². The zero-order chi connectivity index (χ0) is 7.56. The molecule has 58 valence electrons. The molecule has 0 radical (unpaired) electrons. The Labute approximate surface area is 64.2 Å². The molecule has 0 aromatic rings. The van der Waals surface area contributed by atoms with Crippen LogP contribution >= 0.6 is 7.92 Å². The van der Waals surface area contributed by atoms with Gasteiger partial charge in [0.05, 0.1) is 6.35 Å². The highest BCUT2D eigenvalue weighted by atomic mass is 31.1. The van der Waals surface area contributed by atoms with E-state index in [1.165, 1.54) is 12.3 Å². The van der Waals surface area contributed by atoms with Crippen molar-refractivity contribution in [2.45, 2.75) is 13.8 Å². The van der Waals surface area contributed by atoms with Gasteiger partial charge in [-0.25, -0.2) is 0 Å². The van der Waals surface area contributed by atoms with Gasteiger partial charge < -0.3 is 4.74 Å². The van der Waals surface area contributed by atoms with Crippen LogP contribution in [-0.4, -0.2) is 25.8 Å². The van der Waals surface area contributed by atoms with Gasteiger partial charge in [-0.2, -0.15) is 0 Å². The smallest absolute Gasteiger partial charge is 0.0661 e. The van der Waals surface area contributed by atoms with Gasteiger partial charge in [0.15, 0.2) is 0 Å². The standard InChI is InChI=1S/C8H15OP/c1-7-4-10(6-9-3)5-8(7)2/h4-6H2,1-3H3. The highest BCUT2D eigenvalue weighted by Crippen LogP contribution is 2.45. The van der Waals surface area contributed by atoms with Crippen molar-refractivity contribution in [2.75, 3.05) is 25.8 Å². The molecular weight excluding hydrogens is 143 g/mol. The summed E-state index contributed by atoms with van der Waals surface area (Å²) in [6, 6.07) is 0. The van der Waals surface area contributed by atoms with Crippen LogP contribution in [0.4, 0.5) is 0 Å². The minimum Gasteiger partial charge on any atom is -0.380 e. The second-order valence-electron chi connectivity index (χ2n) is 2.97. The van der Waals surface area contributed by atoms with Crippen LogP contribution in [0.25, 0.3) is 0 Å². The lowest BCUT2D eigenvalue weighted by Gasteiger charge is -2.07. The lowest BCUT2D eigenvalue weighted by Crippen LogP contribution is -1.89. The lowest BCUT2D eigenvalue weighted by atomic mass is 10.2. The quantitative estimate of drug-likeness (QED) is 0.443. The van der Waals surface area contributed by atoms with Gasteiger partial charge in [-0.15, -0.1) is 0 Å². The molecule has 0 aromatic carbocycles. The molecule has 1 heterocycles. The molecule has 1 nitrogen and oxygen atoms in total. The summed E-state index contributed by atoms with van der Waals surface area (Å²) in [6.45, 7) is 4.49. The monoisotopic (exact) mass is 158 g/mol. The number of hydrogen-bond acceptors (Lipinski definition) is 1. The van der Waals surface area contributed by atoms with Crippen LogP contribution in [-0.2, 0) is 4.74 Å². The minimum atomic E-state index is 0.180. The first-order valence-corrected chi connectivity index (χ1v) is 5.50. The maximum Gasteiger partial charge on any atom is 0.0661 e. The van der Waals surface area contributed by atoms with Gasteiger partial charge in [-0.1, -0.05) is 19.1 Å². The van der Waals surface area contributed by atoms with E-state index in [-0.39, 0.29) is 7.92 Å².